The molecule has 0 aromatic heterocycles. The van der Waals surface area contributed by atoms with E-state index in [2.05, 4.69) is 32.6 Å². The minimum Gasteiger partial charge on any atom is -0.406 e. The lowest BCUT2D eigenvalue weighted by atomic mass is 10.1. The van der Waals surface area contributed by atoms with Crippen LogP contribution in [0.5, 0.6) is 5.75 Å². The number of hydrogen-bond donors (Lipinski definition) is 1. The van der Waals surface area contributed by atoms with Crippen molar-refractivity contribution in [2.24, 2.45) is 0 Å². The van der Waals surface area contributed by atoms with E-state index in [1.807, 2.05) is 0 Å². The van der Waals surface area contributed by atoms with Gasteiger partial charge in [0.1, 0.15) is 11.6 Å². The summed E-state index contributed by atoms with van der Waals surface area (Å²) in [4.78, 5) is 11.9. The monoisotopic (exact) mass is 451 g/mol. The van der Waals surface area contributed by atoms with E-state index in [4.69, 9.17) is 0 Å². The number of hydrogen-bond acceptors (Lipinski definition) is 3. The van der Waals surface area contributed by atoms with Gasteiger partial charge in [0.15, 0.2) is 5.78 Å². The Bertz CT molecular complexity index is 758. The summed E-state index contributed by atoms with van der Waals surface area (Å²) in [6.07, 6.45) is -2.48. The lowest BCUT2D eigenvalue weighted by molar-refractivity contribution is -0.274. The molecule has 0 radical (unpaired) electrons. The van der Waals surface area contributed by atoms with Crippen LogP contribution in [0.3, 0.4) is 0 Å². The van der Waals surface area contributed by atoms with Gasteiger partial charge in [-0.15, -0.1) is 13.2 Å². The lowest BCUT2D eigenvalue weighted by Crippen LogP contribution is -2.17. The van der Waals surface area contributed by atoms with Crippen LogP contribution in [0.15, 0.2) is 54.7 Å². The van der Waals surface area contributed by atoms with E-state index < -0.39 is 17.9 Å². The molecule has 0 heterocycles. The highest BCUT2D eigenvalue weighted by atomic mass is 127. The topological polar surface area (TPSA) is 38.3 Å². The minimum absolute atomic E-state index is 0.0869. The molecule has 8 heteroatoms. The number of carbonyl (C=O) groups excluding carboxylic acids is 1. The van der Waals surface area contributed by atoms with Crippen molar-refractivity contribution >= 4 is 34.1 Å². The molecule has 0 saturated heterocycles. The number of rotatable bonds is 5. The maximum absolute atomic E-state index is 13.7. The number of anilines is 1. The van der Waals surface area contributed by atoms with Crippen molar-refractivity contribution in [1.82, 2.24) is 0 Å². The second-order valence-corrected chi connectivity index (χ2v) is 5.78. The molecule has 0 aliphatic heterocycles. The van der Waals surface area contributed by atoms with E-state index in [0.29, 0.717) is 11.6 Å². The van der Waals surface area contributed by atoms with Crippen molar-refractivity contribution in [3.05, 3.63) is 69.7 Å². The fraction of sp³-hybridized carbons (Fsp3) is 0.0625. The van der Waals surface area contributed by atoms with Gasteiger partial charge in [-0.1, -0.05) is 12.1 Å². The van der Waals surface area contributed by atoms with Crippen LogP contribution >= 0.6 is 22.6 Å². The first kappa shape index (κ1) is 18.2. The van der Waals surface area contributed by atoms with Gasteiger partial charge >= 0.3 is 6.36 Å². The predicted molar refractivity (Wildman–Crippen MR) is 89.3 cm³/mol. The molecule has 1 N–H and O–H groups in total. The van der Waals surface area contributed by atoms with Gasteiger partial charge in [0, 0.05) is 27.5 Å². The number of carbonyl (C=O) groups is 1. The van der Waals surface area contributed by atoms with Crippen molar-refractivity contribution in [3.8, 4) is 5.75 Å². The Kier molecular flexibility index (Phi) is 5.81. The maximum atomic E-state index is 13.7. The van der Waals surface area contributed by atoms with E-state index >= 15 is 0 Å². The van der Waals surface area contributed by atoms with E-state index in [1.165, 1.54) is 12.3 Å². The molecule has 0 fully saturated rings. The smallest absolute Gasteiger partial charge is 0.406 e. The van der Waals surface area contributed by atoms with Crippen molar-refractivity contribution in [1.29, 1.82) is 0 Å². The maximum Gasteiger partial charge on any atom is 0.573 e. The number of nitrogens with one attached hydrogen (secondary N) is 1. The van der Waals surface area contributed by atoms with Crippen molar-refractivity contribution < 1.29 is 27.1 Å². The normalized spacial score (nSPS) is 11.5. The first-order valence-corrected chi connectivity index (χ1v) is 7.61. The molecule has 0 unspecified atom stereocenters. The molecule has 24 heavy (non-hydrogen) atoms. The summed E-state index contributed by atoms with van der Waals surface area (Å²) in [6, 6.07) is 9.49. The second kappa shape index (κ2) is 7.65. The van der Waals surface area contributed by atoms with Crippen LogP contribution in [0, 0.1) is 9.39 Å². The molecule has 126 valence electrons. The highest BCUT2D eigenvalue weighted by Crippen LogP contribution is 2.26. The van der Waals surface area contributed by atoms with Crippen molar-refractivity contribution in [2.75, 3.05) is 5.32 Å². The van der Waals surface area contributed by atoms with Crippen LogP contribution in [-0.4, -0.2) is 12.1 Å². The summed E-state index contributed by atoms with van der Waals surface area (Å²) in [5.41, 5.74) is 0.374. The summed E-state index contributed by atoms with van der Waals surface area (Å²) >= 11 is 2.11. The number of ether oxygens (including phenoxy) is 1. The van der Waals surface area contributed by atoms with E-state index in [1.54, 1.807) is 24.3 Å². The highest BCUT2D eigenvalue weighted by Gasteiger charge is 2.31. The standard InChI is InChI=1S/C16H10F4INO2/c17-13-9-12(24-16(18,19)20)5-6-14(13)22-8-7-15(23)10-1-3-11(21)4-2-10/h1-9,22H/b8-7-. The number of ketones is 1. The zero-order chi connectivity index (χ0) is 17.7. The van der Waals surface area contributed by atoms with Crippen LogP contribution < -0.4 is 10.1 Å². The van der Waals surface area contributed by atoms with Gasteiger partial charge in [-0.05, 0) is 46.9 Å². The van der Waals surface area contributed by atoms with Gasteiger partial charge in [-0.3, -0.25) is 4.79 Å². The second-order valence-electron chi connectivity index (χ2n) is 4.54. The number of alkyl halides is 3. The van der Waals surface area contributed by atoms with Crippen LogP contribution in [0.2, 0.25) is 0 Å². The van der Waals surface area contributed by atoms with Gasteiger partial charge in [0.2, 0.25) is 0 Å². The largest absolute Gasteiger partial charge is 0.573 e. The molecule has 0 bridgehead atoms. The third-order valence-corrected chi connectivity index (χ3v) is 3.50. The first-order chi connectivity index (χ1) is 11.2. The fourth-order valence-electron chi connectivity index (χ4n) is 1.73. The minimum atomic E-state index is -4.89. The van der Waals surface area contributed by atoms with Gasteiger partial charge in [-0.2, -0.15) is 0 Å². The van der Waals surface area contributed by atoms with Crippen molar-refractivity contribution in [3.63, 3.8) is 0 Å². The Balaban J connectivity index is 2.01. The molecule has 0 amide bonds. The van der Waals surface area contributed by atoms with Gasteiger partial charge in [-0.25, -0.2) is 4.39 Å². The molecule has 2 rings (SSSR count). The summed E-state index contributed by atoms with van der Waals surface area (Å²) in [6.45, 7) is 0. The first-order valence-electron chi connectivity index (χ1n) is 6.53. The molecule has 0 saturated carbocycles. The van der Waals surface area contributed by atoms with Crippen LogP contribution in [0.25, 0.3) is 0 Å². The lowest BCUT2D eigenvalue weighted by Gasteiger charge is -2.10. The SMILES string of the molecule is O=C(/C=C\Nc1ccc(OC(F)(F)F)cc1F)c1ccc(I)cc1. The molecule has 0 aliphatic carbocycles. The fourth-order valence-corrected chi connectivity index (χ4v) is 2.09. The molecular formula is C16H10F4INO2. The highest BCUT2D eigenvalue weighted by molar-refractivity contribution is 14.1. The number of benzene rings is 2. The molecule has 0 spiro atoms. The van der Waals surface area contributed by atoms with Gasteiger partial charge in [0.25, 0.3) is 0 Å². The Hall–Kier alpha value is -2.10. The third kappa shape index (κ3) is 5.52. The summed E-state index contributed by atoms with van der Waals surface area (Å²) in [7, 11) is 0. The zero-order valence-electron chi connectivity index (χ0n) is 11.9. The van der Waals surface area contributed by atoms with E-state index in [-0.39, 0.29) is 11.5 Å². The Morgan fingerprint density at radius 2 is 1.79 bits per heavy atom. The van der Waals surface area contributed by atoms with Gasteiger partial charge < -0.3 is 10.1 Å². The number of allylic oxidation sites excluding steroid dienone is 1. The summed E-state index contributed by atoms with van der Waals surface area (Å²) < 4.78 is 54.4. The van der Waals surface area contributed by atoms with Crippen LogP contribution in [0.4, 0.5) is 23.2 Å². The molecule has 3 nitrogen and oxygen atoms in total. The van der Waals surface area contributed by atoms with Crippen LogP contribution in [-0.2, 0) is 0 Å². The third-order valence-electron chi connectivity index (χ3n) is 2.78. The molecule has 0 aliphatic rings. The zero-order valence-corrected chi connectivity index (χ0v) is 14.1. The summed E-state index contributed by atoms with van der Waals surface area (Å²) in [5.74, 6) is -1.90. The quantitative estimate of drug-likeness (QED) is 0.296. The van der Waals surface area contributed by atoms with Crippen LogP contribution in [0.1, 0.15) is 10.4 Å². The van der Waals surface area contributed by atoms with E-state index in [0.717, 1.165) is 15.7 Å². The molecule has 2 aromatic carbocycles. The molecule has 0 atom stereocenters. The molecular weight excluding hydrogens is 441 g/mol. The summed E-state index contributed by atoms with van der Waals surface area (Å²) in [5, 5.41) is 2.50. The average Bonchev–Trinajstić information content (AvgIpc) is 2.48. The Morgan fingerprint density at radius 1 is 1.12 bits per heavy atom. The average molecular weight is 451 g/mol. The Morgan fingerprint density at radius 3 is 2.38 bits per heavy atom. The molecule has 2 aromatic rings. The predicted octanol–water partition coefficient (Wildman–Crippen LogP) is 5.14. The van der Waals surface area contributed by atoms with Gasteiger partial charge in [0.05, 0.1) is 5.69 Å². The van der Waals surface area contributed by atoms with Crippen molar-refractivity contribution in [2.45, 2.75) is 6.36 Å². The Labute approximate surface area is 148 Å². The number of halogens is 5. The van der Waals surface area contributed by atoms with E-state index in [9.17, 15) is 22.4 Å².